The molecule has 0 amide bonds. The van der Waals surface area contributed by atoms with Gasteiger partial charge >= 0.3 is 0 Å². The Morgan fingerprint density at radius 3 is 2.29 bits per heavy atom. The molecule has 8 rings (SSSR count). The zero-order chi connectivity index (χ0) is 33.3. The van der Waals surface area contributed by atoms with Crippen molar-refractivity contribution in [1.82, 2.24) is 9.47 Å². The van der Waals surface area contributed by atoms with E-state index in [2.05, 4.69) is 177 Å². The van der Waals surface area contributed by atoms with Gasteiger partial charge in [-0.25, -0.2) is 9.58 Å². The molecule has 5 nitrogen and oxygen atoms in total. The zero-order valence-corrected chi connectivity index (χ0v) is 29.3. The van der Waals surface area contributed by atoms with Crippen LogP contribution >= 0.6 is 0 Å². The van der Waals surface area contributed by atoms with E-state index in [9.17, 15) is 0 Å². The Kier molecular flexibility index (Phi) is 7.21. The molecule has 0 saturated heterocycles. The lowest BCUT2D eigenvalue weighted by atomic mass is 9.79. The quantitative estimate of drug-likeness (QED) is 0.174. The lowest BCUT2D eigenvalue weighted by molar-refractivity contribution is -0.739. The van der Waals surface area contributed by atoms with Crippen LogP contribution < -0.4 is 9.58 Å². The van der Waals surface area contributed by atoms with E-state index in [1.807, 2.05) is 0 Å². The average Bonchev–Trinajstić information content (AvgIpc) is 3.62. The molecule has 48 heavy (non-hydrogen) atoms. The molecule has 0 bridgehead atoms. The van der Waals surface area contributed by atoms with Crippen LogP contribution in [0, 0.1) is 0 Å². The van der Waals surface area contributed by atoms with Crippen molar-refractivity contribution < 1.29 is 4.57 Å². The minimum Gasteiger partial charge on any atom is -0.336 e. The number of allylic oxidation sites excluding steroid dienone is 1. The Balaban J connectivity index is 1.40. The van der Waals surface area contributed by atoms with Crippen molar-refractivity contribution >= 4 is 23.2 Å². The van der Waals surface area contributed by atoms with Crippen LogP contribution in [0.4, 0.5) is 5.69 Å². The Labute approximate surface area is 285 Å². The van der Waals surface area contributed by atoms with Crippen LogP contribution in [0.15, 0.2) is 108 Å². The third kappa shape index (κ3) is 4.22. The molecule has 3 aliphatic rings. The SMILES string of the molecule is CCC1(CC)C(c2ccccc2N2N=C(c3ccccc3)N(C)C2C)=Cc2cccc3c2-c2n(cc[n+]21)-c1c(C(C)C)cccc1C3C. The van der Waals surface area contributed by atoms with Crippen LogP contribution in [0.25, 0.3) is 28.7 Å². The molecule has 5 heteroatoms. The predicted molar refractivity (Wildman–Crippen MR) is 199 cm³/mol. The van der Waals surface area contributed by atoms with Crippen molar-refractivity contribution in [2.45, 2.75) is 77.9 Å². The fourth-order valence-electron chi connectivity index (χ4n) is 8.65. The van der Waals surface area contributed by atoms with Gasteiger partial charge in [0, 0.05) is 40.8 Å². The van der Waals surface area contributed by atoms with Crippen molar-refractivity contribution in [3.63, 3.8) is 0 Å². The number of nitrogens with zero attached hydrogens (tertiary/aromatic N) is 5. The zero-order valence-electron chi connectivity index (χ0n) is 29.3. The average molecular weight is 633 g/mol. The first-order chi connectivity index (χ1) is 23.3. The molecule has 0 fully saturated rings. The molecule has 1 aromatic heterocycles. The maximum atomic E-state index is 5.30. The number of anilines is 1. The van der Waals surface area contributed by atoms with Gasteiger partial charge in [0.25, 0.3) is 5.82 Å². The minimum absolute atomic E-state index is 0.0611. The smallest absolute Gasteiger partial charge is 0.295 e. The summed E-state index contributed by atoms with van der Waals surface area (Å²) in [6.07, 6.45) is 9.18. The lowest BCUT2D eigenvalue weighted by Gasteiger charge is -2.34. The first kappa shape index (κ1) is 30.4. The fourth-order valence-corrected chi connectivity index (χ4v) is 8.65. The number of hydrazone groups is 1. The fraction of sp³-hybridized carbons (Fsp3) is 0.302. The number of hydrogen-bond acceptors (Lipinski definition) is 3. The second kappa shape index (κ2) is 11.4. The molecule has 2 atom stereocenters. The number of fused-ring (bicyclic) bond motifs is 2. The molecule has 5 aromatic rings. The van der Waals surface area contributed by atoms with Gasteiger partial charge in [-0.3, -0.25) is 0 Å². The second-order valence-electron chi connectivity index (χ2n) is 14.0. The summed E-state index contributed by atoms with van der Waals surface area (Å²) < 4.78 is 5.15. The molecule has 3 aliphatic heterocycles. The molecule has 242 valence electrons. The van der Waals surface area contributed by atoms with E-state index in [0.29, 0.717) is 5.92 Å². The van der Waals surface area contributed by atoms with Gasteiger partial charge in [-0.05, 0) is 49.0 Å². The maximum Gasteiger partial charge on any atom is 0.295 e. The standard InChI is InChI=1S/C43H46N5/c1-8-43(9-2)37(36-20-13-14-24-38(36)48-30(6)45(7)41(44-48)31-17-11-10-12-18-31)27-32-19-15-22-34-29(5)35-23-16-21-33(28(3)4)40(35)46-25-26-47(43)42(46)39(32)34/h10-30H,8-9H2,1-7H3/q+1. The molecular formula is C43H46N5+. The predicted octanol–water partition coefficient (Wildman–Crippen LogP) is 9.55. The number of hydrogen-bond donors (Lipinski definition) is 0. The molecule has 0 N–H and O–H groups in total. The van der Waals surface area contributed by atoms with Gasteiger partial charge in [0.15, 0.2) is 5.84 Å². The van der Waals surface area contributed by atoms with Crippen LogP contribution in [0.1, 0.15) is 99.6 Å². The summed E-state index contributed by atoms with van der Waals surface area (Å²) in [4.78, 5) is 2.28. The van der Waals surface area contributed by atoms with Crippen LogP contribution in [-0.2, 0) is 5.54 Å². The van der Waals surface area contributed by atoms with Crippen LogP contribution in [-0.4, -0.2) is 28.5 Å². The van der Waals surface area contributed by atoms with E-state index in [1.54, 1.807) is 0 Å². The van der Waals surface area contributed by atoms with E-state index < -0.39 is 0 Å². The van der Waals surface area contributed by atoms with Gasteiger partial charge in [0.1, 0.15) is 29.8 Å². The number of para-hydroxylation sites is 2. The summed E-state index contributed by atoms with van der Waals surface area (Å²) in [6.45, 7) is 14.0. The highest BCUT2D eigenvalue weighted by atomic mass is 15.6. The number of imidazole rings is 1. The summed E-state index contributed by atoms with van der Waals surface area (Å²) >= 11 is 0. The Bertz CT molecular complexity index is 2100. The third-order valence-corrected chi connectivity index (χ3v) is 11.4. The first-order valence-electron chi connectivity index (χ1n) is 17.7. The Hall–Kier alpha value is -4.90. The highest BCUT2D eigenvalue weighted by Gasteiger charge is 2.47. The number of aromatic nitrogens is 2. The van der Waals surface area contributed by atoms with E-state index in [-0.39, 0.29) is 17.6 Å². The molecule has 4 aromatic carbocycles. The number of amidine groups is 1. The molecule has 2 unspecified atom stereocenters. The highest BCUT2D eigenvalue weighted by molar-refractivity contribution is 6.02. The molecule has 0 spiro atoms. The van der Waals surface area contributed by atoms with Gasteiger partial charge in [-0.1, -0.05) is 120 Å². The van der Waals surface area contributed by atoms with Gasteiger partial charge in [-0.15, -0.1) is 0 Å². The Morgan fingerprint density at radius 2 is 1.54 bits per heavy atom. The normalized spacial score (nSPS) is 19.0. The summed E-state index contributed by atoms with van der Waals surface area (Å²) in [7, 11) is 2.15. The van der Waals surface area contributed by atoms with Gasteiger partial charge in [0.05, 0.1) is 11.3 Å². The van der Waals surface area contributed by atoms with Gasteiger partial charge in [0.2, 0.25) is 0 Å². The highest BCUT2D eigenvalue weighted by Crippen LogP contribution is 2.50. The first-order valence-corrected chi connectivity index (χ1v) is 17.7. The largest absolute Gasteiger partial charge is 0.336 e. The molecular weight excluding hydrogens is 587 g/mol. The molecule has 0 saturated carbocycles. The van der Waals surface area contributed by atoms with Crippen molar-refractivity contribution in [2.24, 2.45) is 5.10 Å². The summed E-state index contributed by atoms with van der Waals surface area (Å²) in [5.74, 6) is 2.94. The van der Waals surface area contributed by atoms with E-state index in [0.717, 1.165) is 29.9 Å². The van der Waals surface area contributed by atoms with Crippen LogP contribution in [0.5, 0.6) is 0 Å². The van der Waals surface area contributed by atoms with Crippen LogP contribution in [0.2, 0.25) is 0 Å². The monoisotopic (exact) mass is 632 g/mol. The number of rotatable bonds is 6. The third-order valence-electron chi connectivity index (χ3n) is 11.4. The Morgan fingerprint density at radius 1 is 0.833 bits per heavy atom. The van der Waals surface area contributed by atoms with Crippen LogP contribution in [0.3, 0.4) is 0 Å². The molecule has 0 radical (unpaired) electrons. The van der Waals surface area contributed by atoms with Crippen molar-refractivity contribution in [2.75, 3.05) is 12.1 Å². The summed E-state index contributed by atoms with van der Waals surface area (Å²) in [5.41, 5.74) is 12.7. The topological polar surface area (TPSA) is 27.6 Å². The molecule has 4 heterocycles. The minimum atomic E-state index is -0.283. The number of benzene rings is 4. The van der Waals surface area contributed by atoms with E-state index >= 15 is 0 Å². The van der Waals surface area contributed by atoms with Crippen molar-refractivity contribution in [3.8, 4) is 17.1 Å². The van der Waals surface area contributed by atoms with Gasteiger partial charge in [-0.2, -0.15) is 9.67 Å². The van der Waals surface area contributed by atoms with Crippen molar-refractivity contribution in [1.29, 1.82) is 0 Å². The second-order valence-corrected chi connectivity index (χ2v) is 14.0. The van der Waals surface area contributed by atoms with Crippen molar-refractivity contribution in [3.05, 3.63) is 137 Å². The lowest BCUT2D eigenvalue weighted by Crippen LogP contribution is -2.56. The summed E-state index contributed by atoms with van der Waals surface area (Å²) in [6, 6.07) is 33.3. The maximum absolute atomic E-state index is 5.30. The van der Waals surface area contributed by atoms with E-state index in [1.165, 1.54) is 50.5 Å². The summed E-state index contributed by atoms with van der Waals surface area (Å²) in [5, 5.41) is 7.52. The molecule has 0 aliphatic carbocycles. The van der Waals surface area contributed by atoms with E-state index in [4.69, 9.17) is 5.10 Å². The van der Waals surface area contributed by atoms with Gasteiger partial charge < -0.3 is 4.90 Å².